The number of pyridine rings is 1. The van der Waals surface area contributed by atoms with Crippen molar-refractivity contribution in [2.24, 2.45) is 0 Å². The van der Waals surface area contributed by atoms with Crippen LogP contribution in [-0.2, 0) is 0 Å². The van der Waals surface area contributed by atoms with Crippen LogP contribution in [0.2, 0.25) is 0 Å². The number of nitrogens with zero attached hydrogens (tertiary/aromatic N) is 1. The lowest BCUT2D eigenvalue weighted by Crippen LogP contribution is -2.04. The van der Waals surface area contributed by atoms with Gasteiger partial charge in [-0.3, -0.25) is 0 Å². The van der Waals surface area contributed by atoms with Gasteiger partial charge in [-0.15, -0.1) is 0 Å². The van der Waals surface area contributed by atoms with Gasteiger partial charge in [-0.1, -0.05) is 30.3 Å². The molecule has 0 spiro atoms. The molecule has 0 radical (unpaired) electrons. The summed E-state index contributed by atoms with van der Waals surface area (Å²) in [5.41, 5.74) is 3.37. The van der Waals surface area contributed by atoms with E-state index in [2.05, 4.69) is 4.98 Å². The summed E-state index contributed by atoms with van der Waals surface area (Å²) in [4.78, 5) is 4.55. The van der Waals surface area contributed by atoms with Crippen LogP contribution in [0.15, 0.2) is 54.6 Å². The Kier molecular flexibility index (Phi) is 3.59. The molecule has 0 amide bonds. The van der Waals surface area contributed by atoms with Gasteiger partial charge in [-0.05, 0) is 42.3 Å². The molecule has 3 heteroatoms. The van der Waals surface area contributed by atoms with Crippen molar-refractivity contribution in [3.8, 4) is 5.75 Å². The van der Waals surface area contributed by atoms with Crippen LogP contribution in [0, 0.1) is 6.92 Å². The molecule has 1 N–H and O–H groups in total. The van der Waals surface area contributed by atoms with Crippen molar-refractivity contribution >= 4 is 10.9 Å². The van der Waals surface area contributed by atoms with E-state index in [0.717, 1.165) is 27.8 Å². The molecule has 1 atom stereocenters. The maximum absolute atomic E-state index is 10.6. The van der Waals surface area contributed by atoms with Gasteiger partial charge in [0, 0.05) is 5.39 Å². The fourth-order valence-corrected chi connectivity index (χ4v) is 2.48. The number of aryl methyl sites for hydroxylation is 1. The summed E-state index contributed by atoms with van der Waals surface area (Å²) < 4.78 is 5.20. The number of rotatable bonds is 3. The predicted octanol–water partition coefficient (Wildman–Crippen LogP) is 3.63. The maximum Gasteiger partial charge on any atom is 0.121 e. The summed E-state index contributed by atoms with van der Waals surface area (Å²) in [5, 5.41) is 11.7. The molecule has 0 aliphatic rings. The highest BCUT2D eigenvalue weighted by molar-refractivity contribution is 5.78. The van der Waals surface area contributed by atoms with Gasteiger partial charge in [-0.2, -0.15) is 0 Å². The summed E-state index contributed by atoms with van der Waals surface area (Å²) >= 11 is 0. The normalized spacial score (nSPS) is 12.3. The number of para-hydroxylation sites is 1. The molecular formula is C18H17NO2. The number of hydrogen-bond donors (Lipinski definition) is 1. The summed E-state index contributed by atoms with van der Waals surface area (Å²) in [6.07, 6.45) is -0.736. The average molecular weight is 279 g/mol. The lowest BCUT2D eigenvalue weighted by atomic mass is 10.00. The van der Waals surface area contributed by atoms with Gasteiger partial charge in [0.15, 0.2) is 0 Å². The zero-order valence-corrected chi connectivity index (χ0v) is 12.1. The highest BCUT2D eigenvalue weighted by Gasteiger charge is 2.15. The van der Waals surface area contributed by atoms with Crippen molar-refractivity contribution in [3.63, 3.8) is 0 Å². The van der Waals surface area contributed by atoms with Gasteiger partial charge in [-0.25, -0.2) is 4.98 Å². The number of benzene rings is 2. The van der Waals surface area contributed by atoms with Crippen LogP contribution in [0.1, 0.15) is 22.9 Å². The van der Waals surface area contributed by atoms with Crippen molar-refractivity contribution in [2.75, 3.05) is 7.11 Å². The van der Waals surface area contributed by atoms with E-state index in [1.807, 2.05) is 61.5 Å². The lowest BCUT2D eigenvalue weighted by Gasteiger charge is -2.15. The zero-order valence-electron chi connectivity index (χ0n) is 12.1. The third-order valence-corrected chi connectivity index (χ3v) is 3.67. The Morgan fingerprint density at radius 3 is 2.62 bits per heavy atom. The number of ether oxygens (including phenoxy) is 1. The molecule has 0 aliphatic heterocycles. The van der Waals surface area contributed by atoms with E-state index in [-0.39, 0.29) is 0 Å². The summed E-state index contributed by atoms with van der Waals surface area (Å²) in [5.74, 6) is 0.787. The van der Waals surface area contributed by atoms with E-state index < -0.39 is 6.10 Å². The fraction of sp³-hybridized carbons (Fsp3) is 0.167. The Bertz CT molecular complexity index is 783. The average Bonchev–Trinajstić information content (AvgIpc) is 2.53. The first-order valence-corrected chi connectivity index (χ1v) is 6.87. The van der Waals surface area contributed by atoms with Crippen molar-refractivity contribution in [3.05, 3.63) is 71.4 Å². The van der Waals surface area contributed by atoms with E-state index in [1.54, 1.807) is 7.11 Å². The Balaban J connectivity index is 2.01. The number of methoxy groups -OCH3 is 1. The molecular weight excluding hydrogens is 262 g/mol. The van der Waals surface area contributed by atoms with E-state index in [0.29, 0.717) is 5.69 Å². The minimum absolute atomic E-state index is 0.655. The van der Waals surface area contributed by atoms with Crippen molar-refractivity contribution in [1.29, 1.82) is 0 Å². The molecule has 1 aromatic heterocycles. The molecule has 0 fully saturated rings. The molecule has 3 aromatic rings. The first-order chi connectivity index (χ1) is 10.2. The largest absolute Gasteiger partial charge is 0.497 e. The van der Waals surface area contributed by atoms with Crippen LogP contribution in [0.3, 0.4) is 0 Å². The molecule has 1 unspecified atom stereocenters. The van der Waals surface area contributed by atoms with E-state index in [1.165, 1.54) is 0 Å². The molecule has 0 saturated carbocycles. The topological polar surface area (TPSA) is 42.4 Å². The second-order valence-corrected chi connectivity index (χ2v) is 5.05. The SMILES string of the molecule is COc1ccc(C(O)c2ccc3ccccc3n2)c(C)c1. The van der Waals surface area contributed by atoms with Crippen LogP contribution in [-0.4, -0.2) is 17.2 Å². The molecule has 3 nitrogen and oxygen atoms in total. The van der Waals surface area contributed by atoms with Gasteiger partial charge in [0.05, 0.1) is 18.3 Å². The summed E-state index contributed by atoms with van der Waals surface area (Å²) in [6, 6.07) is 17.4. The molecule has 1 heterocycles. The van der Waals surface area contributed by atoms with Gasteiger partial charge >= 0.3 is 0 Å². The predicted molar refractivity (Wildman–Crippen MR) is 83.5 cm³/mol. The third-order valence-electron chi connectivity index (χ3n) is 3.67. The number of aromatic nitrogens is 1. The number of aliphatic hydroxyl groups is 1. The molecule has 2 aromatic carbocycles. The third kappa shape index (κ3) is 2.60. The zero-order chi connectivity index (χ0) is 14.8. The molecule has 0 saturated heterocycles. The smallest absolute Gasteiger partial charge is 0.121 e. The molecule has 0 aliphatic carbocycles. The standard InChI is InChI=1S/C18H17NO2/c1-12-11-14(21-2)8-9-15(12)18(20)17-10-7-13-5-3-4-6-16(13)19-17/h3-11,18,20H,1-2H3. The van der Waals surface area contributed by atoms with Crippen molar-refractivity contribution in [1.82, 2.24) is 4.98 Å². The van der Waals surface area contributed by atoms with Gasteiger partial charge in [0.25, 0.3) is 0 Å². The first kappa shape index (κ1) is 13.6. The summed E-state index contributed by atoms with van der Waals surface area (Å²) in [7, 11) is 1.63. The molecule has 21 heavy (non-hydrogen) atoms. The van der Waals surface area contributed by atoms with Gasteiger partial charge in [0.1, 0.15) is 11.9 Å². The van der Waals surface area contributed by atoms with Gasteiger partial charge < -0.3 is 9.84 Å². The maximum atomic E-state index is 10.6. The highest BCUT2D eigenvalue weighted by Crippen LogP contribution is 2.27. The minimum atomic E-state index is -0.736. The van der Waals surface area contributed by atoms with Crippen LogP contribution < -0.4 is 4.74 Å². The Morgan fingerprint density at radius 1 is 1.05 bits per heavy atom. The van der Waals surface area contributed by atoms with Crippen molar-refractivity contribution in [2.45, 2.75) is 13.0 Å². The van der Waals surface area contributed by atoms with Crippen LogP contribution in [0.25, 0.3) is 10.9 Å². The second kappa shape index (κ2) is 5.54. The first-order valence-electron chi connectivity index (χ1n) is 6.87. The fourth-order valence-electron chi connectivity index (χ4n) is 2.48. The number of hydrogen-bond acceptors (Lipinski definition) is 3. The Hall–Kier alpha value is -2.39. The van der Waals surface area contributed by atoms with E-state index in [9.17, 15) is 5.11 Å². The monoisotopic (exact) mass is 279 g/mol. The lowest BCUT2D eigenvalue weighted by molar-refractivity contribution is 0.215. The number of aliphatic hydroxyl groups excluding tert-OH is 1. The van der Waals surface area contributed by atoms with E-state index >= 15 is 0 Å². The molecule has 0 bridgehead atoms. The van der Waals surface area contributed by atoms with Crippen LogP contribution >= 0.6 is 0 Å². The summed E-state index contributed by atoms with van der Waals surface area (Å²) in [6.45, 7) is 1.96. The molecule has 106 valence electrons. The number of fused-ring (bicyclic) bond motifs is 1. The van der Waals surface area contributed by atoms with Crippen LogP contribution in [0.4, 0.5) is 0 Å². The quantitative estimate of drug-likeness (QED) is 0.796. The minimum Gasteiger partial charge on any atom is -0.497 e. The van der Waals surface area contributed by atoms with Crippen LogP contribution in [0.5, 0.6) is 5.75 Å². The second-order valence-electron chi connectivity index (χ2n) is 5.05. The highest BCUT2D eigenvalue weighted by atomic mass is 16.5. The van der Waals surface area contributed by atoms with Crippen molar-refractivity contribution < 1.29 is 9.84 Å². The Morgan fingerprint density at radius 2 is 1.86 bits per heavy atom. The van der Waals surface area contributed by atoms with Gasteiger partial charge in [0.2, 0.25) is 0 Å². The molecule has 3 rings (SSSR count). The Labute approximate surface area is 123 Å². The van der Waals surface area contributed by atoms with E-state index in [4.69, 9.17) is 4.74 Å².